The molecule has 0 aliphatic heterocycles. The highest BCUT2D eigenvalue weighted by Gasteiger charge is 2.15. The van der Waals surface area contributed by atoms with Crippen LogP contribution in [0.4, 0.5) is 0 Å². The number of nitrogens with zero attached hydrogens (tertiary/aromatic N) is 1. The molecule has 1 aromatic heterocycles. The van der Waals surface area contributed by atoms with Gasteiger partial charge in [0.1, 0.15) is 5.01 Å². The Bertz CT molecular complexity index is 555. The highest BCUT2D eigenvalue weighted by Crippen LogP contribution is 2.33. The second-order valence-electron chi connectivity index (χ2n) is 5.50. The van der Waals surface area contributed by atoms with Gasteiger partial charge in [-0.25, -0.2) is 4.98 Å². The molecule has 1 heterocycles. The van der Waals surface area contributed by atoms with Crippen molar-refractivity contribution in [3.05, 3.63) is 38.6 Å². The van der Waals surface area contributed by atoms with Crippen molar-refractivity contribution >= 4 is 27.3 Å². The summed E-state index contributed by atoms with van der Waals surface area (Å²) in [6.45, 7) is 8.80. The highest BCUT2D eigenvalue weighted by atomic mass is 79.9. The van der Waals surface area contributed by atoms with Gasteiger partial charge in [0, 0.05) is 5.56 Å². The minimum absolute atomic E-state index is 0.137. The Morgan fingerprint density at radius 2 is 1.84 bits per heavy atom. The Hall–Kier alpha value is -0.710. The van der Waals surface area contributed by atoms with Crippen LogP contribution in [0.15, 0.2) is 28.1 Å². The van der Waals surface area contributed by atoms with Crippen LogP contribution in [-0.4, -0.2) is 10.6 Å². The van der Waals surface area contributed by atoms with E-state index >= 15 is 0 Å². The Morgan fingerprint density at radius 3 is 2.42 bits per heavy atom. The molecule has 0 radical (unpaired) electrons. The van der Waals surface area contributed by atoms with Crippen molar-refractivity contribution in [3.63, 3.8) is 0 Å². The van der Waals surface area contributed by atoms with Crippen molar-refractivity contribution in [2.24, 2.45) is 0 Å². The molecule has 102 valence electrons. The summed E-state index contributed by atoms with van der Waals surface area (Å²) in [6, 6.07) is 8.41. The zero-order valence-electron chi connectivity index (χ0n) is 11.7. The molecule has 0 unspecified atom stereocenters. The molecule has 0 spiro atoms. The van der Waals surface area contributed by atoms with E-state index in [2.05, 4.69) is 72.9 Å². The van der Waals surface area contributed by atoms with Gasteiger partial charge in [-0.15, -0.1) is 11.3 Å². The monoisotopic (exact) mass is 339 g/mol. The van der Waals surface area contributed by atoms with Crippen molar-refractivity contribution in [1.82, 2.24) is 4.98 Å². The van der Waals surface area contributed by atoms with Crippen molar-refractivity contribution < 1.29 is 4.74 Å². The maximum atomic E-state index is 5.77. The highest BCUT2D eigenvalue weighted by molar-refractivity contribution is 9.11. The summed E-state index contributed by atoms with van der Waals surface area (Å²) >= 11 is 5.23. The van der Waals surface area contributed by atoms with Gasteiger partial charge in [0.05, 0.1) is 21.7 Å². The fraction of sp³-hybridized carbons (Fsp3) is 0.400. The molecule has 0 bridgehead atoms. The number of benzene rings is 1. The predicted octanol–water partition coefficient (Wildman–Crippen LogP) is 5.20. The summed E-state index contributed by atoms with van der Waals surface area (Å²) in [7, 11) is 0. The molecule has 0 amide bonds. The molecule has 1 aromatic carbocycles. The van der Waals surface area contributed by atoms with Gasteiger partial charge in [-0.1, -0.05) is 29.8 Å². The number of halogens is 1. The van der Waals surface area contributed by atoms with E-state index in [0.717, 1.165) is 20.1 Å². The molecule has 0 fully saturated rings. The van der Waals surface area contributed by atoms with Gasteiger partial charge in [0.25, 0.3) is 0 Å². The van der Waals surface area contributed by atoms with Gasteiger partial charge in [-0.05, 0) is 43.6 Å². The first-order chi connectivity index (χ1) is 8.85. The molecule has 2 rings (SSSR count). The predicted molar refractivity (Wildman–Crippen MR) is 84.5 cm³/mol. The van der Waals surface area contributed by atoms with E-state index in [4.69, 9.17) is 4.74 Å². The number of thiazole rings is 1. The minimum atomic E-state index is -0.137. The van der Waals surface area contributed by atoms with E-state index < -0.39 is 0 Å². The van der Waals surface area contributed by atoms with Gasteiger partial charge >= 0.3 is 0 Å². The summed E-state index contributed by atoms with van der Waals surface area (Å²) in [5.41, 5.74) is 3.25. The second kappa shape index (κ2) is 5.73. The van der Waals surface area contributed by atoms with Gasteiger partial charge in [0.2, 0.25) is 0 Å². The maximum Gasteiger partial charge on any atom is 0.120 e. The van der Waals surface area contributed by atoms with Crippen molar-refractivity contribution in [2.75, 3.05) is 0 Å². The van der Waals surface area contributed by atoms with E-state index in [-0.39, 0.29) is 5.60 Å². The van der Waals surface area contributed by atoms with Gasteiger partial charge in [-0.3, -0.25) is 0 Å². The summed E-state index contributed by atoms with van der Waals surface area (Å²) < 4.78 is 6.82. The molecule has 0 saturated heterocycles. The van der Waals surface area contributed by atoms with Crippen LogP contribution >= 0.6 is 27.3 Å². The van der Waals surface area contributed by atoms with E-state index in [1.54, 1.807) is 11.3 Å². The van der Waals surface area contributed by atoms with Crippen LogP contribution in [0.1, 0.15) is 31.3 Å². The number of aromatic nitrogens is 1. The second-order valence-corrected chi connectivity index (χ2v) is 7.90. The van der Waals surface area contributed by atoms with Crippen molar-refractivity contribution in [3.8, 4) is 11.3 Å². The third kappa shape index (κ3) is 4.13. The summed E-state index contributed by atoms with van der Waals surface area (Å²) in [5.74, 6) is 0. The number of hydrogen-bond acceptors (Lipinski definition) is 3. The lowest BCUT2D eigenvalue weighted by atomic mass is 10.1. The summed E-state index contributed by atoms with van der Waals surface area (Å²) in [5, 5.41) is 0.998. The zero-order valence-corrected chi connectivity index (χ0v) is 14.1. The van der Waals surface area contributed by atoms with Crippen LogP contribution < -0.4 is 0 Å². The lowest BCUT2D eigenvalue weighted by molar-refractivity contribution is -0.0149. The molecule has 0 saturated carbocycles. The molecule has 0 atom stereocenters. The van der Waals surface area contributed by atoms with Crippen LogP contribution in [-0.2, 0) is 11.3 Å². The number of hydrogen-bond donors (Lipinski definition) is 0. The molecule has 4 heteroatoms. The van der Waals surface area contributed by atoms with Crippen LogP contribution in [0.2, 0.25) is 0 Å². The molecule has 0 aliphatic carbocycles. The summed E-state index contributed by atoms with van der Waals surface area (Å²) in [6.07, 6.45) is 0. The molecular weight excluding hydrogens is 322 g/mol. The zero-order chi connectivity index (χ0) is 14.0. The number of rotatable bonds is 3. The van der Waals surface area contributed by atoms with Crippen molar-refractivity contribution in [1.29, 1.82) is 0 Å². The van der Waals surface area contributed by atoms with Crippen LogP contribution in [0, 0.1) is 6.92 Å². The van der Waals surface area contributed by atoms with Gasteiger partial charge in [0.15, 0.2) is 0 Å². The normalized spacial score (nSPS) is 11.8. The Labute approximate surface area is 127 Å². The quantitative estimate of drug-likeness (QED) is 0.766. The maximum absolute atomic E-state index is 5.77. The largest absolute Gasteiger partial charge is 0.369 e. The van der Waals surface area contributed by atoms with Gasteiger partial charge < -0.3 is 4.74 Å². The molecule has 2 nitrogen and oxygen atoms in total. The van der Waals surface area contributed by atoms with E-state index in [1.165, 1.54) is 5.56 Å². The lowest BCUT2D eigenvalue weighted by Crippen LogP contribution is -2.18. The third-order valence-electron chi connectivity index (χ3n) is 2.58. The van der Waals surface area contributed by atoms with E-state index in [1.807, 2.05) is 0 Å². The lowest BCUT2D eigenvalue weighted by Gasteiger charge is -2.18. The first-order valence-electron chi connectivity index (χ1n) is 6.21. The minimum Gasteiger partial charge on any atom is -0.369 e. The third-order valence-corrected chi connectivity index (χ3v) is 4.26. The van der Waals surface area contributed by atoms with Crippen LogP contribution in [0.5, 0.6) is 0 Å². The fourth-order valence-corrected chi connectivity index (χ4v) is 3.17. The summed E-state index contributed by atoms with van der Waals surface area (Å²) in [4.78, 5) is 4.66. The Kier molecular flexibility index (Phi) is 4.43. The fourth-order valence-electron chi connectivity index (χ4n) is 1.57. The smallest absolute Gasteiger partial charge is 0.120 e. The van der Waals surface area contributed by atoms with Crippen LogP contribution in [0.25, 0.3) is 11.3 Å². The average molecular weight is 340 g/mol. The van der Waals surface area contributed by atoms with E-state index in [9.17, 15) is 0 Å². The molecule has 2 aromatic rings. The number of ether oxygens (including phenoxy) is 1. The van der Waals surface area contributed by atoms with Crippen LogP contribution in [0.3, 0.4) is 0 Å². The first-order valence-corrected chi connectivity index (χ1v) is 7.82. The standard InChI is InChI=1S/C15H18BrNOS/c1-10-5-7-11(8-6-10)13-14(16)19-12(17-13)9-18-15(2,3)4/h5-8H,9H2,1-4H3. The van der Waals surface area contributed by atoms with Gasteiger partial charge in [-0.2, -0.15) is 0 Å². The molecule has 0 N–H and O–H groups in total. The number of aryl methyl sites for hydroxylation is 1. The average Bonchev–Trinajstić information content (AvgIpc) is 2.68. The Morgan fingerprint density at radius 1 is 1.21 bits per heavy atom. The Balaban J connectivity index is 2.19. The molecule has 19 heavy (non-hydrogen) atoms. The molecular formula is C15H18BrNOS. The SMILES string of the molecule is Cc1ccc(-c2nc(COC(C)(C)C)sc2Br)cc1. The topological polar surface area (TPSA) is 22.1 Å². The van der Waals surface area contributed by atoms with Crippen molar-refractivity contribution in [2.45, 2.75) is 39.9 Å². The molecule has 0 aliphatic rings. The first kappa shape index (κ1) is 14.7. The van der Waals surface area contributed by atoms with E-state index in [0.29, 0.717) is 6.61 Å².